The molecule has 2 atom stereocenters. The summed E-state index contributed by atoms with van der Waals surface area (Å²) in [5.74, 6) is -2.33. The topological polar surface area (TPSA) is 86.7 Å². The lowest BCUT2D eigenvalue weighted by Crippen LogP contribution is -2.28. The lowest BCUT2D eigenvalue weighted by Gasteiger charge is -2.17. The molecule has 1 fully saturated rings. The molecule has 146 valence electrons. The van der Waals surface area contributed by atoms with Gasteiger partial charge in [-0.25, -0.2) is 0 Å². The van der Waals surface area contributed by atoms with Crippen molar-refractivity contribution in [1.82, 2.24) is 0 Å². The van der Waals surface area contributed by atoms with E-state index in [-0.39, 0.29) is 18.2 Å². The first-order chi connectivity index (χ1) is 13.4. The monoisotopic (exact) mass is 380 g/mol. The second kappa shape index (κ2) is 8.25. The van der Waals surface area contributed by atoms with Crippen molar-refractivity contribution in [2.75, 3.05) is 16.8 Å². The van der Waals surface area contributed by atoms with E-state index < -0.39 is 17.8 Å². The molecule has 0 aliphatic carbocycles. The summed E-state index contributed by atoms with van der Waals surface area (Å²) in [6.45, 7) is 4.00. The Hall–Kier alpha value is -3.15. The van der Waals surface area contributed by atoms with Crippen molar-refractivity contribution in [3.63, 3.8) is 0 Å². The summed E-state index contributed by atoms with van der Waals surface area (Å²) in [4.78, 5) is 37.8. The molecule has 2 unspecified atom stereocenters. The van der Waals surface area contributed by atoms with Crippen LogP contribution in [0.3, 0.4) is 0 Å². The fourth-order valence-electron chi connectivity index (χ4n) is 3.32. The highest BCUT2D eigenvalue weighted by Crippen LogP contribution is 2.27. The van der Waals surface area contributed by atoms with E-state index in [9.17, 15) is 14.4 Å². The molecular formula is C22H24N2O4. The normalized spacial score (nSPS) is 17.4. The van der Waals surface area contributed by atoms with E-state index in [0.717, 1.165) is 12.1 Å². The number of carboxylic acid groups (broad SMARTS) is 1. The summed E-state index contributed by atoms with van der Waals surface area (Å²) in [7, 11) is 0. The molecule has 1 heterocycles. The van der Waals surface area contributed by atoms with Crippen molar-refractivity contribution >= 4 is 29.2 Å². The highest BCUT2D eigenvalue weighted by Gasteiger charge is 2.35. The summed E-state index contributed by atoms with van der Waals surface area (Å²) in [6.07, 6.45) is 1.09. The van der Waals surface area contributed by atoms with Gasteiger partial charge >= 0.3 is 5.97 Å². The highest BCUT2D eigenvalue weighted by molar-refractivity contribution is 6.03. The number of carboxylic acids is 1. The summed E-state index contributed by atoms with van der Waals surface area (Å²) in [5.41, 5.74) is 3.15. The number of carbonyl (C=O) groups excluding carboxylic acids is 2. The molecule has 2 amide bonds. The van der Waals surface area contributed by atoms with Crippen LogP contribution in [0.15, 0.2) is 48.5 Å². The molecule has 3 rings (SSSR count). The van der Waals surface area contributed by atoms with Crippen molar-refractivity contribution in [3.05, 3.63) is 59.7 Å². The van der Waals surface area contributed by atoms with Crippen LogP contribution in [0.2, 0.25) is 0 Å². The second-order valence-electron chi connectivity index (χ2n) is 7.10. The van der Waals surface area contributed by atoms with Gasteiger partial charge in [-0.15, -0.1) is 0 Å². The van der Waals surface area contributed by atoms with Gasteiger partial charge in [-0.05, 0) is 48.7 Å². The Kier molecular flexibility index (Phi) is 5.78. The lowest BCUT2D eigenvalue weighted by atomic mass is 10.0. The van der Waals surface area contributed by atoms with Gasteiger partial charge in [0.2, 0.25) is 11.8 Å². The minimum Gasteiger partial charge on any atom is -0.481 e. The van der Waals surface area contributed by atoms with Crippen molar-refractivity contribution in [1.29, 1.82) is 0 Å². The smallest absolute Gasteiger partial charge is 0.310 e. The molecule has 1 aliphatic heterocycles. The van der Waals surface area contributed by atoms with Crippen LogP contribution in [0.25, 0.3) is 0 Å². The van der Waals surface area contributed by atoms with Crippen LogP contribution in [0, 0.1) is 5.92 Å². The number of nitrogens with one attached hydrogen (secondary N) is 1. The predicted octanol–water partition coefficient (Wildman–Crippen LogP) is 3.43. The van der Waals surface area contributed by atoms with Crippen molar-refractivity contribution in [2.45, 2.75) is 32.6 Å². The van der Waals surface area contributed by atoms with Crippen LogP contribution in [0.1, 0.15) is 37.3 Å². The van der Waals surface area contributed by atoms with Gasteiger partial charge in [0.05, 0.1) is 11.8 Å². The van der Waals surface area contributed by atoms with E-state index in [1.54, 1.807) is 36.1 Å². The van der Waals surface area contributed by atoms with Crippen LogP contribution in [0.4, 0.5) is 11.4 Å². The van der Waals surface area contributed by atoms with Crippen molar-refractivity contribution in [3.8, 4) is 0 Å². The quantitative estimate of drug-likeness (QED) is 0.804. The largest absolute Gasteiger partial charge is 0.481 e. The first-order valence-electron chi connectivity index (χ1n) is 9.42. The van der Waals surface area contributed by atoms with Gasteiger partial charge < -0.3 is 15.3 Å². The van der Waals surface area contributed by atoms with Crippen LogP contribution in [-0.2, 0) is 20.8 Å². The molecular weight excluding hydrogens is 356 g/mol. The Morgan fingerprint density at radius 3 is 2.57 bits per heavy atom. The molecule has 28 heavy (non-hydrogen) atoms. The van der Waals surface area contributed by atoms with E-state index in [1.807, 2.05) is 24.3 Å². The van der Waals surface area contributed by atoms with E-state index in [1.165, 1.54) is 5.56 Å². The zero-order valence-electron chi connectivity index (χ0n) is 16.0. The van der Waals surface area contributed by atoms with E-state index in [2.05, 4.69) is 12.2 Å². The number of anilines is 2. The minimum absolute atomic E-state index is 0.0716. The number of rotatable bonds is 6. The van der Waals surface area contributed by atoms with Crippen molar-refractivity contribution < 1.29 is 19.5 Å². The van der Waals surface area contributed by atoms with E-state index >= 15 is 0 Å². The number of hydrogen-bond donors (Lipinski definition) is 2. The van der Waals surface area contributed by atoms with Gasteiger partial charge in [-0.3, -0.25) is 14.4 Å². The fraction of sp³-hybridized carbons (Fsp3) is 0.318. The Morgan fingerprint density at radius 1 is 1.21 bits per heavy atom. The number of aryl methyl sites for hydroxylation is 1. The van der Waals surface area contributed by atoms with Crippen LogP contribution in [-0.4, -0.2) is 29.4 Å². The van der Waals surface area contributed by atoms with Crippen LogP contribution < -0.4 is 10.2 Å². The molecule has 2 aromatic rings. The molecule has 6 heteroatoms. The average molecular weight is 380 g/mol. The number of benzene rings is 2. The summed E-state index contributed by atoms with van der Waals surface area (Å²) >= 11 is 0. The first kappa shape index (κ1) is 19.6. The maximum Gasteiger partial charge on any atom is 0.310 e. The number of aliphatic carboxylic acids is 1. The van der Waals surface area contributed by atoms with Crippen molar-refractivity contribution in [2.24, 2.45) is 5.92 Å². The van der Waals surface area contributed by atoms with Crippen LogP contribution in [0.5, 0.6) is 0 Å². The molecule has 0 radical (unpaired) electrons. The number of amides is 2. The molecule has 6 nitrogen and oxygen atoms in total. The van der Waals surface area contributed by atoms with E-state index in [4.69, 9.17) is 5.11 Å². The summed E-state index contributed by atoms with van der Waals surface area (Å²) in [5, 5.41) is 12.0. The van der Waals surface area contributed by atoms with E-state index in [0.29, 0.717) is 17.8 Å². The standard InChI is InChI=1S/C22H24N2O4/c1-3-15-7-9-19(10-8-15)24-13-17(12-20(24)25)21(26)23-18-6-4-5-16(11-18)14(2)22(27)28/h4-11,14,17H,3,12-13H2,1-2H3,(H,23,26)(H,27,28). The number of nitrogens with zero attached hydrogens (tertiary/aromatic N) is 1. The average Bonchev–Trinajstić information content (AvgIpc) is 3.09. The number of carbonyl (C=O) groups is 3. The Labute approximate surface area is 164 Å². The van der Waals surface area contributed by atoms with Gasteiger partial charge in [0, 0.05) is 24.3 Å². The molecule has 0 saturated carbocycles. The summed E-state index contributed by atoms with van der Waals surface area (Å²) in [6, 6.07) is 14.6. The second-order valence-corrected chi connectivity index (χ2v) is 7.10. The molecule has 0 aromatic heterocycles. The molecule has 2 N–H and O–H groups in total. The van der Waals surface area contributed by atoms with Gasteiger partial charge in [0.1, 0.15) is 0 Å². The molecule has 0 spiro atoms. The fourth-order valence-corrected chi connectivity index (χ4v) is 3.32. The molecule has 2 aromatic carbocycles. The summed E-state index contributed by atoms with van der Waals surface area (Å²) < 4.78 is 0. The molecule has 1 aliphatic rings. The maximum absolute atomic E-state index is 12.6. The minimum atomic E-state index is -0.922. The zero-order valence-corrected chi connectivity index (χ0v) is 16.0. The molecule has 1 saturated heterocycles. The molecule has 0 bridgehead atoms. The zero-order chi connectivity index (χ0) is 20.3. The van der Waals surface area contributed by atoms with Crippen LogP contribution >= 0.6 is 0 Å². The third-order valence-electron chi connectivity index (χ3n) is 5.18. The SMILES string of the molecule is CCc1ccc(N2CC(C(=O)Nc3cccc(C(C)C(=O)O)c3)CC2=O)cc1. The Morgan fingerprint density at radius 2 is 1.93 bits per heavy atom. The van der Waals surface area contributed by atoms with Gasteiger partial charge in [0.15, 0.2) is 0 Å². The third kappa shape index (κ3) is 4.22. The maximum atomic E-state index is 12.6. The predicted molar refractivity (Wildman–Crippen MR) is 107 cm³/mol. The number of hydrogen-bond acceptors (Lipinski definition) is 3. The Balaban J connectivity index is 1.68. The Bertz CT molecular complexity index is 892. The highest BCUT2D eigenvalue weighted by atomic mass is 16.4. The third-order valence-corrected chi connectivity index (χ3v) is 5.18. The lowest BCUT2D eigenvalue weighted by molar-refractivity contribution is -0.138. The van der Waals surface area contributed by atoms with Gasteiger partial charge in [-0.2, -0.15) is 0 Å². The van der Waals surface area contributed by atoms with Gasteiger partial charge in [0.25, 0.3) is 0 Å². The van der Waals surface area contributed by atoms with Gasteiger partial charge in [-0.1, -0.05) is 31.2 Å². The first-order valence-corrected chi connectivity index (χ1v) is 9.42.